The van der Waals surface area contributed by atoms with Crippen LogP contribution in [0.2, 0.25) is 0 Å². The van der Waals surface area contributed by atoms with Gasteiger partial charge in [-0.25, -0.2) is 8.42 Å². The van der Waals surface area contributed by atoms with Crippen molar-refractivity contribution in [2.75, 3.05) is 39.8 Å². The molecule has 2 aromatic rings. The van der Waals surface area contributed by atoms with Crippen molar-refractivity contribution in [3.8, 4) is 5.75 Å². The summed E-state index contributed by atoms with van der Waals surface area (Å²) in [6, 6.07) is 15.3. The number of benzene rings is 2. The molecule has 0 bridgehead atoms. The summed E-state index contributed by atoms with van der Waals surface area (Å²) in [6.45, 7) is 5.60. The Morgan fingerprint density at radius 1 is 1.00 bits per heavy atom. The molecule has 0 amide bonds. The number of hydrogen-bond donors (Lipinski definition) is 0. The second kappa shape index (κ2) is 8.87. The van der Waals surface area contributed by atoms with Gasteiger partial charge in [-0.1, -0.05) is 29.8 Å². The number of piperazine rings is 1. The lowest BCUT2D eigenvalue weighted by Gasteiger charge is -2.34. The van der Waals surface area contributed by atoms with E-state index in [0.717, 1.165) is 43.8 Å². The minimum Gasteiger partial charge on any atom is -0.497 e. The van der Waals surface area contributed by atoms with Crippen LogP contribution in [0.15, 0.2) is 53.4 Å². The van der Waals surface area contributed by atoms with E-state index in [1.165, 1.54) is 5.56 Å². The molecule has 0 N–H and O–H groups in total. The Morgan fingerprint density at radius 3 is 2.37 bits per heavy atom. The number of hydrogen-bond acceptors (Lipinski definition) is 4. The molecule has 1 heterocycles. The Morgan fingerprint density at radius 2 is 1.70 bits per heavy atom. The molecule has 0 unspecified atom stereocenters. The van der Waals surface area contributed by atoms with E-state index in [0.29, 0.717) is 18.0 Å². The molecule has 5 nitrogen and oxygen atoms in total. The van der Waals surface area contributed by atoms with E-state index in [2.05, 4.69) is 17.0 Å². The number of sulfonamides is 1. The van der Waals surface area contributed by atoms with Crippen LogP contribution in [0.1, 0.15) is 17.5 Å². The lowest BCUT2D eigenvalue weighted by molar-refractivity contribution is 0.187. The highest BCUT2D eigenvalue weighted by molar-refractivity contribution is 7.89. The first kappa shape index (κ1) is 19.9. The molecule has 6 heteroatoms. The highest BCUT2D eigenvalue weighted by Gasteiger charge is 2.28. The van der Waals surface area contributed by atoms with Gasteiger partial charge in [0.2, 0.25) is 10.0 Å². The largest absolute Gasteiger partial charge is 0.497 e. The predicted octanol–water partition coefficient (Wildman–Crippen LogP) is 2.94. The monoisotopic (exact) mass is 388 g/mol. The molecule has 0 aromatic heterocycles. The van der Waals surface area contributed by atoms with Crippen molar-refractivity contribution in [1.29, 1.82) is 0 Å². The topological polar surface area (TPSA) is 49.9 Å². The van der Waals surface area contributed by atoms with E-state index < -0.39 is 10.0 Å². The average molecular weight is 389 g/mol. The van der Waals surface area contributed by atoms with Gasteiger partial charge in [0.05, 0.1) is 12.0 Å². The molecule has 1 aliphatic rings. The number of aryl methyl sites for hydroxylation is 2. The van der Waals surface area contributed by atoms with Crippen LogP contribution >= 0.6 is 0 Å². The van der Waals surface area contributed by atoms with Crippen LogP contribution in [-0.2, 0) is 16.4 Å². The number of methoxy groups -OCH3 is 1. The minimum atomic E-state index is -3.38. The molecule has 2 aromatic carbocycles. The van der Waals surface area contributed by atoms with Crippen molar-refractivity contribution in [3.63, 3.8) is 0 Å². The summed E-state index contributed by atoms with van der Waals surface area (Å²) >= 11 is 0. The van der Waals surface area contributed by atoms with Gasteiger partial charge in [0.25, 0.3) is 0 Å². The van der Waals surface area contributed by atoms with Gasteiger partial charge in [0.1, 0.15) is 5.75 Å². The van der Waals surface area contributed by atoms with Gasteiger partial charge < -0.3 is 9.64 Å². The molecule has 3 rings (SSSR count). The second-order valence-corrected chi connectivity index (χ2v) is 8.95. The summed E-state index contributed by atoms with van der Waals surface area (Å²) < 4.78 is 32.4. The van der Waals surface area contributed by atoms with Gasteiger partial charge in [0, 0.05) is 26.2 Å². The zero-order chi connectivity index (χ0) is 19.3. The Bertz CT molecular complexity index is 842. The average Bonchev–Trinajstić information content (AvgIpc) is 2.69. The van der Waals surface area contributed by atoms with Gasteiger partial charge in [0.15, 0.2) is 0 Å². The lowest BCUT2D eigenvalue weighted by atomic mass is 10.1. The van der Waals surface area contributed by atoms with Crippen LogP contribution in [0.3, 0.4) is 0 Å². The summed E-state index contributed by atoms with van der Waals surface area (Å²) in [5, 5.41) is 0. The zero-order valence-electron chi connectivity index (χ0n) is 16.1. The fraction of sp³-hybridized carbons (Fsp3) is 0.429. The number of nitrogens with zero attached hydrogens (tertiary/aromatic N) is 2. The summed E-state index contributed by atoms with van der Waals surface area (Å²) in [5.74, 6) is 0.891. The summed E-state index contributed by atoms with van der Waals surface area (Å²) in [5.41, 5.74) is 2.34. The normalized spacial score (nSPS) is 16.4. The molecule has 1 aliphatic heterocycles. The van der Waals surface area contributed by atoms with Crippen LogP contribution in [0.4, 0.5) is 0 Å². The molecule has 1 fully saturated rings. The van der Waals surface area contributed by atoms with Crippen molar-refractivity contribution in [3.05, 3.63) is 59.7 Å². The quantitative estimate of drug-likeness (QED) is 0.732. The van der Waals surface area contributed by atoms with Gasteiger partial charge in [-0.2, -0.15) is 4.31 Å². The third-order valence-corrected chi connectivity index (χ3v) is 6.98. The van der Waals surface area contributed by atoms with Crippen LogP contribution in [-0.4, -0.2) is 57.5 Å². The van der Waals surface area contributed by atoms with Gasteiger partial charge in [-0.15, -0.1) is 0 Å². The zero-order valence-corrected chi connectivity index (χ0v) is 16.9. The molecule has 0 saturated carbocycles. The fourth-order valence-electron chi connectivity index (χ4n) is 3.39. The van der Waals surface area contributed by atoms with E-state index >= 15 is 0 Å². The van der Waals surface area contributed by atoms with E-state index in [1.54, 1.807) is 23.5 Å². The summed E-state index contributed by atoms with van der Waals surface area (Å²) in [4.78, 5) is 2.74. The maximum absolute atomic E-state index is 12.8. The maximum Gasteiger partial charge on any atom is 0.243 e. The minimum absolute atomic E-state index is 0.388. The molecule has 0 radical (unpaired) electrons. The SMILES string of the molecule is COc1cccc(CCCN2CCN(S(=O)(=O)c3ccc(C)cc3)CC2)c1. The molecule has 146 valence electrons. The third kappa shape index (κ3) is 5.09. The highest BCUT2D eigenvalue weighted by atomic mass is 32.2. The third-order valence-electron chi connectivity index (χ3n) is 5.06. The molecule has 0 spiro atoms. The van der Waals surface area contributed by atoms with Crippen molar-refractivity contribution in [1.82, 2.24) is 9.21 Å². The van der Waals surface area contributed by atoms with Crippen molar-refractivity contribution in [2.24, 2.45) is 0 Å². The van der Waals surface area contributed by atoms with Crippen molar-refractivity contribution >= 4 is 10.0 Å². The Kier molecular flexibility index (Phi) is 6.52. The Labute approximate surface area is 162 Å². The predicted molar refractivity (Wildman–Crippen MR) is 108 cm³/mol. The van der Waals surface area contributed by atoms with Crippen molar-refractivity contribution < 1.29 is 13.2 Å². The van der Waals surface area contributed by atoms with Crippen LogP contribution in [0.5, 0.6) is 5.75 Å². The van der Waals surface area contributed by atoms with Crippen molar-refractivity contribution in [2.45, 2.75) is 24.7 Å². The number of ether oxygens (including phenoxy) is 1. The lowest BCUT2D eigenvalue weighted by Crippen LogP contribution is -2.48. The molecule has 0 atom stereocenters. The highest BCUT2D eigenvalue weighted by Crippen LogP contribution is 2.19. The molecule has 1 saturated heterocycles. The summed E-state index contributed by atoms with van der Waals surface area (Å²) in [6.07, 6.45) is 2.05. The van der Waals surface area contributed by atoms with E-state index in [4.69, 9.17) is 4.74 Å². The Hall–Kier alpha value is -1.89. The standard InChI is InChI=1S/C21H28N2O3S/c1-18-8-10-21(11-9-18)27(24,25)23-15-13-22(14-16-23)12-4-6-19-5-3-7-20(17-19)26-2/h3,5,7-11,17H,4,6,12-16H2,1-2H3. The first-order valence-corrected chi connectivity index (χ1v) is 10.8. The maximum atomic E-state index is 12.8. The smallest absolute Gasteiger partial charge is 0.243 e. The second-order valence-electron chi connectivity index (χ2n) is 7.01. The van der Waals surface area contributed by atoms with E-state index in [-0.39, 0.29) is 0 Å². The molecular formula is C21H28N2O3S. The number of rotatable bonds is 7. The molecule has 0 aliphatic carbocycles. The van der Waals surface area contributed by atoms with Crippen LogP contribution < -0.4 is 4.74 Å². The van der Waals surface area contributed by atoms with Gasteiger partial charge in [-0.3, -0.25) is 0 Å². The summed E-state index contributed by atoms with van der Waals surface area (Å²) in [7, 11) is -1.70. The first-order chi connectivity index (χ1) is 13.0. The van der Waals surface area contributed by atoms with Crippen LogP contribution in [0.25, 0.3) is 0 Å². The first-order valence-electron chi connectivity index (χ1n) is 9.41. The van der Waals surface area contributed by atoms with E-state index in [9.17, 15) is 8.42 Å². The Balaban J connectivity index is 1.48. The molecule has 27 heavy (non-hydrogen) atoms. The molecular weight excluding hydrogens is 360 g/mol. The van der Waals surface area contributed by atoms with Gasteiger partial charge >= 0.3 is 0 Å². The van der Waals surface area contributed by atoms with E-state index in [1.807, 2.05) is 31.2 Å². The fourth-order valence-corrected chi connectivity index (χ4v) is 4.81. The van der Waals surface area contributed by atoms with Crippen LogP contribution in [0, 0.1) is 6.92 Å². The van der Waals surface area contributed by atoms with Gasteiger partial charge in [-0.05, 0) is 56.1 Å².